The van der Waals surface area contributed by atoms with Crippen molar-refractivity contribution in [3.8, 4) is 0 Å². The van der Waals surface area contributed by atoms with E-state index in [1.807, 2.05) is 0 Å². The van der Waals surface area contributed by atoms with Crippen LogP contribution in [0.25, 0.3) is 0 Å². The molecule has 0 aliphatic heterocycles. The molecule has 0 N–H and O–H groups in total. The highest BCUT2D eigenvalue weighted by Crippen LogP contribution is 2.11. The molecule has 0 radical (unpaired) electrons. The molecule has 0 aliphatic rings. The fourth-order valence-corrected chi connectivity index (χ4v) is 4.37. The number of hydrogen-bond acceptors (Lipinski definition) is 2. The van der Waals surface area contributed by atoms with E-state index in [4.69, 9.17) is 0 Å². The second-order valence-electron chi connectivity index (χ2n) is 9.71. The van der Waals surface area contributed by atoms with Gasteiger partial charge in [0.1, 0.15) is 0 Å². The summed E-state index contributed by atoms with van der Waals surface area (Å²) in [5.74, 6) is 0. The first-order valence-electron chi connectivity index (χ1n) is 15.1. The first kappa shape index (κ1) is 34.1. The lowest BCUT2D eigenvalue weighted by atomic mass is 10.1. The van der Waals surface area contributed by atoms with Crippen molar-refractivity contribution in [3.05, 3.63) is 0 Å². The predicted molar refractivity (Wildman–Crippen MR) is 150 cm³/mol. The summed E-state index contributed by atoms with van der Waals surface area (Å²) in [6.45, 7) is 21.1. The Balaban J connectivity index is 0. The van der Waals surface area contributed by atoms with Gasteiger partial charge in [0.25, 0.3) is 0 Å². The van der Waals surface area contributed by atoms with E-state index < -0.39 is 0 Å². The third kappa shape index (κ3) is 28.0. The second-order valence-corrected chi connectivity index (χ2v) is 9.71. The molecular weight excluding hydrogens is 388 g/mol. The number of nitrogens with zero attached hydrogens (tertiary/aromatic N) is 2. The van der Waals surface area contributed by atoms with Crippen LogP contribution < -0.4 is 0 Å². The Morgan fingerprint density at radius 3 is 0.719 bits per heavy atom. The molecule has 0 heterocycles. The fourth-order valence-electron chi connectivity index (χ4n) is 4.37. The van der Waals surface area contributed by atoms with Crippen molar-refractivity contribution >= 4 is 0 Å². The molecule has 32 heavy (non-hydrogen) atoms. The van der Waals surface area contributed by atoms with Crippen LogP contribution in [0.5, 0.6) is 0 Å². The van der Waals surface area contributed by atoms with Crippen molar-refractivity contribution in [3.63, 3.8) is 0 Å². The molecular formula is C30H66N2. The molecule has 0 fully saturated rings. The van der Waals surface area contributed by atoms with E-state index in [9.17, 15) is 0 Å². The molecule has 0 saturated carbocycles. The molecule has 0 rings (SSSR count). The highest BCUT2D eigenvalue weighted by molar-refractivity contribution is 4.54. The SMILES string of the molecule is CCCCCCCCCCCCN(CC)CC.CCCCCCCCCCN(CC)CC. The van der Waals surface area contributed by atoms with Crippen molar-refractivity contribution in [1.29, 1.82) is 0 Å². The van der Waals surface area contributed by atoms with Gasteiger partial charge in [-0.15, -0.1) is 0 Å². The molecule has 2 heteroatoms. The van der Waals surface area contributed by atoms with Gasteiger partial charge in [-0.1, -0.05) is 144 Å². The van der Waals surface area contributed by atoms with Gasteiger partial charge in [0.05, 0.1) is 0 Å². The number of rotatable bonds is 24. The minimum absolute atomic E-state index is 1.22. The molecule has 0 spiro atoms. The lowest BCUT2D eigenvalue weighted by Gasteiger charge is -2.17. The molecule has 0 saturated heterocycles. The summed E-state index contributed by atoms with van der Waals surface area (Å²) in [4.78, 5) is 5.06. The van der Waals surface area contributed by atoms with E-state index in [2.05, 4.69) is 51.3 Å². The van der Waals surface area contributed by atoms with E-state index in [1.165, 1.54) is 155 Å². The molecule has 2 nitrogen and oxygen atoms in total. The summed E-state index contributed by atoms with van der Waals surface area (Å²) in [6, 6.07) is 0. The molecule has 0 aromatic carbocycles. The Hall–Kier alpha value is -0.0800. The smallest absolute Gasteiger partial charge is 0.00190 e. The predicted octanol–water partition coefficient (Wildman–Crippen LogP) is 9.72. The van der Waals surface area contributed by atoms with Crippen molar-refractivity contribution in [1.82, 2.24) is 9.80 Å². The van der Waals surface area contributed by atoms with Crippen LogP contribution in [0.4, 0.5) is 0 Å². The van der Waals surface area contributed by atoms with Crippen LogP contribution in [0.1, 0.15) is 157 Å². The van der Waals surface area contributed by atoms with Gasteiger partial charge in [-0.25, -0.2) is 0 Å². The van der Waals surface area contributed by atoms with Crippen molar-refractivity contribution < 1.29 is 0 Å². The highest BCUT2D eigenvalue weighted by Gasteiger charge is 1.99. The Morgan fingerprint density at radius 2 is 0.500 bits per heavy atom. The van der Waals surface area contributed by atoms with Gasteiger partial charge in [-0.05, 0) is 52.1 Å². The standard InChI is InChI=1S/C16H35N.C14H31N/c1-4-7-8-9-10-11-12-13-14-15-16-17(5-2)6-3;1-4-7-8-9-10-11-12-13-14-15(5-2)6-3/h4-16H2,1-3H3;4-14H2,1-3H3. The van der Waals surface area contributed by atoms with E-state index in [0.29, 0.717) is 0 Å². The first-order valence-corrected chi connectivity index (χ1v) is 15.1. The van der Waals surface area contributed by atoms with Gasteiger partial charge < -0.3 is 9.80 Å². The zero-order valence-corrected chi connectivity index (χ0v) is 23.9. The van der Waals surface area contributed by atoms with Crippen LogP contribution in [0, 0.1) is 0 Å². The van der Waals surface area contributed by atoms with Gasteiger partial charge in [0, 0.05) is 0 Å². The van der Waals surface area contributed by atoms with Gasteiger partial charge in [-0.3, -0.25) is 0 Å². The molecule has 0 aliphatic carbocycles. The van der Waals surface area contributed by atoms with Crippen LogP contribution in [-0.2, 0) is 0 Å². The average Bonchev–Trinajstić information content (AvgIpc) is 2.82. The summed E-state index contributed by atoms with van der Waals surface area (Å²) in [6.07, 6.45) is 25.8. The largest absolute Gasteiger partial charge is 0.304 e. The number of hydrogen-bond donors (Lipinski definition) is 0. The minimum atomic E-state index is 1.22. The fraction of sp³-hybridized carbons (Fsp3) is 1.00. The van der Waals surface area contributed by atoms with E-state index >= 15 is 0 Å². The Kier molecular flexibility index (Phi) is 32.9. The van der Waals surface area contributed by atoms with Gasteiger partial charge in [0.15, 0.2) is 0 Å². The van der Waals surface area contributed by atoms with Crippen molar-refractivity contribution in [2.75, 3.05) is 39.3 Å². The van der Waals surface area contributed by atoms with E-state index in [1.54, 1.807) is 0 Å². The maximum absolute atomic E-state index is 2.53. The summed E-state index contributed by atoms with van der Waals surface area (Å²) < 4.78 is 0. The molecule has 0 bridgehead atoms. The summed E-state index contributed by atoms with van der Waals surface area (Å²) in [5.41, 5.74) is 0. The van der Waals surface area contributed by atoms with E-state index in [0.717, 1.165) is 0 Å². The highest BCUT2D eigenvalue weighted by atomic mass is 15.1. The zero-order chi connectivity index (χ0) is 24.1. The molecule has 196 valence electrons. The van der Waals surface area contributed by atoms with Crippen molar-refractivity contribution in [2.45, 2.75) is 157 Å². The topological polar surface area (TPSA) is 6.48 Å². The molecule has 0 unspecified atom stereocenters. The molecule has 0 amide bonds. The normalized spacial score (nSPS) is 11.2. The minimum Gasteiger partial charge on any atom is -0.304 e. The number of unbranched alkanes of at least 4 members (excludes halogenated alkanes) is 16. The molecule has 0 aromatic heterocycles. The van der Waals surface area contributed by atoms with Gasteiger partial charge in [0.2, 0.25) is 0 Å². The Morgan fingerprint density at radius 1 is 0.281 bits per heavy atom. The third-order valence-electron chi connectivity index (χ3n) is 6.94. The van der Waals surface area contributed by atoms with Gasteiger partial charge >= 0.3 is 0 Å². The lowest BCUT2D eigenvalue weighted by Crippen LogP contribution is -2.23. The summed E-state index contributed by atoms with van der Waals surface area (Å²) in [5, 5.41) is 0. The maximum atomic E-state index is 2.53. The maximum Gasteiger partial charge on any atom is -0.00190 e. The lowest BCUT2D eigenvalue weighted by molar-refractivity contribution is 0.295. The van der Waals surface area contributed by atoms with Crippen LogP contribution in [0.3, 0.4) is 0 Å². The van der Waals surface area contributed by atoms with Gasteiger partial charge in [-0.2, -0.15) is 0 Å². The third-order valence-corrected chi connectivity index (χ3v) is 6.94. The molecule has 0 aromatic rings. The average molecular weight is 455 g/mol. The Labute approximate surface area is 206 Å². The summed E-state index contributed by atoms with van der Waals surface area (Å²) >= 11 is 0. The van der Waals surface area contributed by atoms with Crippen LogP contribution in [-0.4, -0.2) is 49.1 Å². The van der Waals surface area contributed by atoms with E-state index in [-0.39, 0.29) is 0 Å². The van der Waals surface area contributed by atoms with Crippen LogP contribution in [0.15, 0.2) is 0 Å². The zero-order valence-electron chi connectivity index (χ0n) is 23.9. The second kappa shape index (κ2) is 30.9. The monoisotopic (exact) mass is 455 g/mol. The van der Waals surface area contributed by atoms with Crippen LogP contribution in [0.2, 0.25) is 0 Å². The Bertz CT molecular complexity index is 297. The van der Waals surface area contributed by atoms with Crippen molar-refractivity contribution in [2.24, 2.45) is 0 Å². The summed E-state index contributed by atoms with van der Waals surface area (Å²) in [7, 11) is 0. The quantitative estimate of drug-likeness (QED) is 0.134. The molecule has 0 atom stereocenters. The van der Waals surface area contributed by atoms with Crippen LogP contribution >= 0.6 is 0 Å². The first-order chi connectivity index (χ1) is 15.7.